The first-order chi connectivity index (χ1) is 15.1. The fraction of sp³-hybridized carbons (Fsp3) is 0.182. The molecule has 7 nitrogen and oxygen atoms in total. The Bertz CT molecular complexity index is 1280. The van der Waals surface area contributed by atoms with Gasteiger partial charge in [0.1, 0.15) is 17.5 Å². The van der Waals surface area contributed by atoms with Crippen molar-refractivity contribution in [3.8, 4) is 0 Å². The van der Waals surface area contributed by atoms with Crippen LogP contribution in [0, 0.1) is 5.82 Å². The third kappa shape index (κ3) is 4.51. The molecule has 9 heteroatoms. The highest BCUT2D eigenvalue weighted by Crippen LogP contribution is 2.19. The second-order valence-electron chi connectivity index (χ2n) is 6.87. The summed E-state index contributed by atoms with van der Waals surface area (Å²) in [5, 5.41) is 7.53. The number of fused-ring (bicyclic) bond motifs is 1. The van der Waals surface area contributed by atoms with Crippen LogP contribution < -0.4 is 10.9 Å². The Morgan fingerprint density at radius 2 is 1.94 bits per heavy atom. The van der Waals surface area contributed by atoms with Gasteiger partial charge in [0.2, 0.25) is 0 Å². The van der Waals surface area contributed by atoms with Crippen molar-refractivity contribution in [3.05, 3.63) is 88.4 Å². The molecular formula is C22H20FN5O2S. The van der Waals surface area contributed by atoms with E-state index in [2.05, 4.69) is 15.4 Å². The molecule has 0 spiro atoms. The van der Waals surface area contributed by atoms with Gasteiger partial charge in [0.15, 0.2) is 5.65 Å². The highest BCUT2D eigenvalue weighted by atomic mass is 32.2. The van der Waals surface area contributed by atoms with Crippen LogP contribution in [0.4, 0.5) is 4.39 Å². The topological polar surface area (TPSA) is 81.8 Å². The largest absolute Gasteiger partial charge is 0.350 e. The summed E-state index contributed by atoms with van der Waals surface area (Å²) in [6.07, 6.45) is 4.87. The van der Waals surface area contributed by atoms with Gasteiger partial charge in [-0.3, -0.25) is 14.2 Å². The van der Waals surface area contributed by atoms with Crippen LogP contribution in [0.5, 0.6) is 0 Å². The van der Waals surface area contributed by atoms with Crippen molar-refractivity contribution in [3.63, 3.8) is 0 Å². The predicted molar refractivity (Wildman–Crippen MR) is 118 cm³/mol. The number of carbonyl (C=O) groups excluding carboxylic acids is 1. The summed E-state index contributed by atoms with van der Waals surface area (Å²) in [6, 6.07) is 13.4. The zero-order chi connectivity index (χ0) is 21.8. The average Bonchev–Trinajstić information content (AvgIpc) is 3.20. The first-order valence-corrected chi connectivity index (χ1v) is 10.9. The van der Waals surface area contributed by atoms with Crippen molar-refractivity contribution >= 4 is 28.7 Å². The summed E-state index contributed by atoms with van der Waals surface area (Å²) in [5.41, 5.74) is 1.66. The summed E-state index contributed by atoms with van der Waals surface area (Å²) < 4.78 is 16.1. The van der Waals surface area contributed by atoms with E-state index in [9.17, 15) is 14.0 Å². The maximum Gasteiger partial charge on any atom is 0.264 e. The van der Waals surface area contributed by atoms with E-state index in [0.29, 0.717) is 29.7 Å². The maximum absolute atomic E-state index is 13.1. The van der Waals surface area contributed by atoms with E-state index >= 15 is 0 Å². The summed E-state index contributed by atoms with van der Waals surface area (Å²) in [6.45, 7) is 1.02. The maximum atomic E-state index is 13.1. The summed E-state index contributed by atoms with van der Waals surface area (Å²) in [5.74, 6) is -0.481. The molecule has 0 aliphatic heterocycles. The molecule has 4 aromatic rings. The van der Waals surface area contributed by atoms with Gasteiger partial charge in [-0.25, -0.2) is 14.1 Å². The molecule has 0 aliphatic rings. The van der Waals surface area contributed by atoms with Crippen molar-refractivity contribution in [2.75, 3.05) is 12.8 Å². The van der Waals surface area contributed by atoms with Gasteiger partial charge < -0.3 is 5.32 Å². The summed E-state index contributed by atoms with van der Waals surface area (Å²) in [7, 11) is 0. The van der Waals surface area contributed by atoms with Crippen LogP contribution in [0.15, 0.2) is 70.7 Å². The van der Waals surface area contributed by atoms with Crippen LogP contribution in [0.3, 0.4) is 0 Å². The zero-order valence-electron chi connectivity index (χ0n) is 16.8. The Kier molecular flexibility index (Phi) is 6.13. The Balaban J connectivity index is 1.45. The molecule has 2 aromatic carbocycles. The summed E-state index contributed by atoms with van der Waals surface area (Å²) >= 11 is 1.52. The van der Waals surface area contributed by atoms with Crippen LogP contribution >= 0.6 is 11.8 Å². The minimum Gasteiger partial charge on any atom is -0.350 e. The molecule has 0 aliphatic carbocycles. The third-order valence-corrected chi connectivity index (χ3v) is 5.65. The standard InChI is InChI=1S/C22H20FN5O2S/c1-31-19-5-3-2-4-17(19)21(29)24-10-11-28-20-18(12-26-28)22(30)27(14-25-20)13-15-6-8-16(23)9-7-15/h2-9,12,14H,10-11,13H2,1H3,(H,24,29). The normalized spacial score (nSPS) is 11.0. The fourth-order valence-corrected chi connectivity index (χ4v) is 3.86. The molecule has 0 saturated carbocycles. The first kappa shape index (κ1) is 20.8. The van der Waals surface area contributed by atoms with E-state index < -0.39 is 0 Å². The number of hydrogen-bond acceptors (Lipinski definition) is 5. The molecule has 0 saturated heterocycles. The van der Waals surface area contributed by atoms with E-state index in [0.717, 1.165) is 10.5 Å². The van der Waals surface area contributed by atoms with E-state index in [1.165, 1.54) is 41.0 Å². The molecule has 158 valence electrons. The average molecular weight is 438 g/mol. The fourth-order valence-electron chi connectivity index (χ4n) is 3.26. The SMILES string of the molecule is CSc1ccccc1C(=O)NCCn1ncc2c(=O)n(Cc3ccc(F)cc3)cnc21. The highest BCUT2D eigenvalue weighted by Gasteiger charge is 2.12. The van der Waals surface area contributed by atoms with E-state index in [-0.39, 0.29) is 23.8 Å². The molecule has 0 atom stereocenters. The number of nitrogens with one attached hydrogen (secondary N) is 1. The predicted octanol–water partition coefficient (Wildman–Crippen LogP) is 2.93. The molecule has 0 unspecified atom stereocenters. The number of aromatic nitrogens is 4. The van der Waals surface area contributed by atoms with Gasteiger partial charge in [-0.1, -0.05) is 24.3 Å². The first-order valence-electron chi connectivity index (χ1n) is 9.63. The number of halogens is 1. The molecular weight excluding hydrogens is 417 g/mol. The lowest BCUT2D eigenvalue weighted by Crippen LogP contribution is -2.28. The van der Waals surface area contributed by atoms with Crippen molar-refractivity contribution in [2.24, 2.45) is 0 Å². The van der Waals surface area contributed by atoms with E-state index in [4.69, 9.17) is 0 Å². The van der Waals surface area contributed by atoms with Gasteiger partial charge in [-0.05, 0) is 36.1 Å². The second kappa shape index (κ2) is 9.13. The molecule has 0 radical (unpaired) electrons. The van der Waals surface area contributed by atoms with Crippen molar-refractivity contribution < 1.29 is 9.18 Å². The van der Waals surface area contributed by atoms with Gasteiger partial charge >= 0.3 is 0 Å². The number of hydrogen-bond donors (Lipinski definition) is 1. The number of carbonyl (C=O) groups is 1. The monoisotopic (exact) mass is 437 g/mol. The molecule has 2 heterocycles. The number of thioether (sulfide) groups is 1. The number of nitrogens with zero attached hydrogens (tertiary/aromatic N) is 4. The minimum absolute atomic E-state index is 0.156. The van der Waals surface area contributed by atoms with E-state index in [1.807, 2.05) is 24.5 Å². The molecule has 0 bridgehead atoms. The van der Waals surface area contributed by atoms with Gasteiger partial charge in [-0.15, -0.1) is 11.8 Å². The smallest absolute Gasteiger partial charge is 0.264 e. The molecule has 1 N–H and O–H groups in total. The van der Waals surface area contributed by atoms with Crippen molar-refractivity contribution in [1.29, 1.82) is 0 Å². The van der Waals surface area contributed by atoms with E-state index in [1.54, 1.807) is 22.9 Å². The number of benzene rings is 2. The van der Waals surface area contributed by atoms with Crippen molar-refractivity contribution in [1.82, 2.24) is 24.6 Å². The third-order valence-electron chi connectivity index (χ3n) is 4.85. The number of amides is 1. The molecule has 31 heavy (non-hydrogen) atoms. The summed E-state index contributed by atoms with van der Waals surface area (Å²) in [4.78, 5) is 30.5. The van der Waals surface area contributed by atoms with Gasteiger partial charge in [0.05, 0.1) is 24.8 Å². The lowest BCUT2D eigenvalue weighted by molar-refractivity contribution is 0.0949. The lowest BCUT2D eigenvalue weighted by Gasteiger charge is -2.09. The second-order valence-corrected chi connectivity index (χ2v) is 7.71. The van der Waals surface area contributed by atoms with Gasteiger partial charge in [-0.2, -0.15) is 5.10 Å². The van der Waals surface area contributed by atoms with Crippen molar-refractivity contribution in [2.45, 2.75) is 18.0 Å². The lowest BCUT2D eigenvalue weighted by atomic mass is 10.2. The Morgan fingerprint density at radius 3 is 2.71 bits per heavy atom. The molecule has 0 fully saturated rings. The molecule has 2 aromatic heterocycles. The Morgan fingerprint density at radius 1 is 1.16 bits per heavy atom. The van der Waals surface area contributed by atoms with Gasteiger partial charge in [0.25, 0.3) is 11.5 Å². The Hall–Kier alpha value is -3.46. The van der Waals surface area contributed by atoms with Crippen LogP contribution in [-0.4, -0.2) is 38.0 Å². The Labute approximate surface area is 181 Å². The van der Waals surface area contributed by atoms with Gasteiger partial charge in [0, 0.05) is 11.4 Å². The quantitative estimate of drug-likeness (QED) is 0.450. The van der Waals surface area contributed by atoms with Crippen LogP contribution in [0.2, 0.25) is 0 Å². The molecule has 4 rings (SSSR count). The minimum atomic E-state index is -0.324. The zero-order valence-corrected chi connectivity index (χ0v) is 17.6. The molecule has 1 amide bonds. The van der Waals surface area contributed by atoms with Crippen LogP contribution in [-0.2, 0) is 13.1 Å². The van der Waals surface area contributed by atoms with Crippen LogP contribution in [0.1, 0.15) is 15.9 Å². The highest BCUT2D eigenvalue weighted by molar-refractivity contribution is 7.98. The number of rotatable bonds is 7. The van der Waals surface area contributed by atoms with Crippen LogP contribution in [0.25, 0.3) is 11.0 Å².